The van der Waals surface area contributed by atoms with E-state index in [0.717, 1.165) is 43.3 Å². The highest BCUT2D eigenvalue weighted by atomic mass is 32.1. The third kappa shape index (κ3) is 4.31. The minimum Gasteiger partial charge on any atom is -0.383 e. The van der Waals surface area contributed by atoms with Crippen molar-refractivity contribution < 1.29 is 4.74 Å². The van der Waals surface area contributed by atoms with Crippen LogP contribution in [0.5, 0.6) is 0 Å². The topological polar surface area (TPSA) is 66.4 Å². The van der Waals surface area contributed by atoms with E-state index in [1.54, 1.807) is 7.11 Å². The fraction of sp³-hybridized carbons (Fsp3) is 0.542. The normalized spacial score (nSPS) is 20.3. The number of thiophene rings is 1. The van der Waals surface area contributed by atoms with Gasteiger partial charge in [-0.2, -0.15) is 0 Å². The molecule has 1 aliphatic heterocycles. The van der Waals surface area contributed by atoms with E-state index in [2.05, 4.69) is 45.1 Å². The standard InChI is InChI=1S/C24H32N6OS/c1-16-22(17-6-4-5-7-17)23-20(32-16)13-26-24(28-23)27-21-9-8-18(12-25-21)30-11-10-29(2)19(14-30)15-31-3/h8-9,12-13,17,19H,4-7,10-11,14-15H2,1-3H3,(H,25,26,27,28). The molecule has 2 aliphatic rings. The van der Waals surface area contributed by atoms with Crippen molar-refractivity contribution in [1.82, 2.24) is 19.9 Å². The smallest absolute Gasteiger partial charge is 0.228 e. The first-order valence-electron chi connectivity index (χ1n) is 11.6. The Morgan fingerprint density at radius 3 is 2.75 bits per heavy atom. The van der Waals surface area contributed by atoms with Crippen LogP contribution < -0.4 is 10.2 Å². The molecule has 7 nitrogen and oxygen atoms in total. The van der Waals surface area contributed by atoms with Crippen molar-refractivity contribution in [1.29, 1.82) is 0 Å². The quantitative estimate of drug-likeness (QED) is 0.588. The van der Waals surface area contributed by atoms with Crippen LogP contribution in [0.2, 0.25) is 0 Å². The number of fused-ring (bicyclic) bond motifs is 1. The van der Waals surface area contributed by atoms with Gasteiger partial charge in [-0.15, -0.1) is 11.3 Å². The van der Waals surface area contributed by atoms with Crippen LogP contribution in [0.1, 0.15) is 42.0 Å². The SMILES string of the molecule is COCC1CN(c2ccc(Nc3ncc4sc(C)c(C5CCCC5)c4n3)nc2)CCN1C. The Bertz CT molecular complexity index is 1060. The average Bonchev–Trinajstić information content (AvgIpc) is 3.43. The number of aryl methyl sites for hydroxylation is 1. The Labute approximate surface area is 193 Å². The summed E-state index contributed by atoms with van der Waals surface area (Å²) in [6.07, 6.45) is 9.10. The molecule has 0 spiro atoms. The van der Waals surface area contributed by atoms with Gasteiger partial charge in [0, 0.05) is 31.6 Å². The van der Waals surface area contributed by atoms with Gasteiger partial charge in [0.2, 0.25) is 5.95 Å². The van der Waals surface area contributed by atoms with Gasteiger partial charge in [0.05, 0.1) is 40.9 Å². The zero-order chi connectivity index (χ0) is 22.1. The van der Waals surface area contributed by atoms with Crippen LogP contribution in [0, 0.1) is 6.92 Å². The second-order valence-electron chi connectivity index (χ2n) is 9.02. The average molecular weight is 453 g/mol. The lowest BCUT2D eigenvalue weighted by Crippen LogP contribution is -2.53. The highest BCUT2D eigenvalue weighted by molar-refractivity contribution is 7.19. The number of hydrogen-bond donors (Lipinski definition) is 1. The van der Waals surface area contributed by atoms with E-state index in [-0.39, 0.29) is 0 Å². The van der Waals surface area contributed by atoms with Crippen molar-refractivity contribution in [3.05, 3.63) is 35.0 Å². The van der Waals surface area contributed by atoms with Crippen LogP contribution in [0.3, 0.4) is 0 Å². The third-order valence-corrected chi connectivity index (χ3v) is 7.95. The number of nitrogens with one attached hydrogen (secondary N) is 1. The lowest BCUT2D eigenvalue weighted by Gasteiger charge is -2.40. The van der Waals surface area contributed by atoms with E-state index in [9.17, 15) is 0 Å². The lowest BCUT2D eigenvalue weighted by atomic mass is 9.97. The number of hydrogen-bond acceptors (Lipinski definition) is 8. The van der Waals surface area contributed by atoms with Crippen molar-refractivity contribution in [2.45, 2.75) is 44.6 Å². The minimum atomic E-state index is 0.398. The van der Waals surface area contributed by atoms with Crippen molar-refractivity contribution in [2.24, 2.45) is 0 Å². The second-order valence-corrected chi connectivity index (χ2v) is 10.3. The number of nitrogens with zero attached hydrogens (tertiary/aromatic N) is 5. The van der Waals surface area contributed by atoms with Crippen LogP contribution in [-0.4, -0.2) is 66.3 Å². The summed E-state index contributed by atoms with van der Waals surface area (Å²) in [5, 5.41) is 3.31. The molecular weight excluding hydrogens is 420 g/mol. The summed E-state index contributed by atoms with van der Waals surface area (Å²) in [7, 11) is 3.93. The molecule has 3 aromatic rings. The van der Waals surface area contributed by atoms with Crippen molar-refractivity contribution in [3.63, 3.8) is 0 Å². The maximum atomic E-state index is 5.39. The molecule has 1 saturated carbocycles. The van der Waals surface area contributed by atoms with Crippen molar-refractivity contribution in [3.8, 4) is 0 Å². The summed E-state index contributed by atoms with van der Waals surface area (Å²) in [6, 6.07) is 4.54. The van der Waals surface area contributed by atoms with Gasteiger partial charge >= 0.3 is 0 Å². The summed E-state index contributed by atoms with van der Waals surface area (Å²) in [4.78, 5) is 20.2. The third-order valence-electron chi connectivity index (χ3n) is 6.91. The first-order chi connectivity index (χ1) is 15.6. The first-order valence-corrected chi connectivity index (χ1v) is 12.4. The van der Waals surface area contributed by atoms with Gasteiger partial charge in [0.25, 0.3) is 0 Å². The predicted octanol–water partition coefficient (Wildman–Crippen LogP) is 4.56. The Hall–Kier alpha value is -2.29. The molecule has 3 aromatic heterocycles. The summed E-state index contributed by atoms with van der Waals surface area (Å²) < 4.78 is 6.57. The summed E-state index contributed by atoms with van der Waals surface area (Å²) in [5.74, 6) is 2.04. The molecule has 1 unspecified atom stereocenters. The summed E-state index contributed by atoms with van der Waals surface area (Å²) >= 11 is 1.82. The van der Waals surface area contributed by atoms with E-state index in [0.29, 0.717) is 17.9 Å². The van der Waals surface area contributed by atoms with Crippen LogP contribution in [-0.2, 0) is 4.74 Å². The molecule has 2 fully saturated rings. The number of aromatic nitrogens is 3. The van der Waals surface area contributed by atoms with Gasteiger partial charge in [-0.3, -0.25) is 4.90 Å². The molecule has 1 aliphatic carbocycles. The Morgan fingerprint density at radius 1 is 1.16 bits per heavy atom. The molecule has 0 amide bonds. The largest absolute Gasteiger partial charge is 0.383 e. The molecule has 1 saturated heterocycles. The van der Waals surface area contributed by atoms with E-state index < -0.39 is 0 Å². The fourth-order valence-electron chi connectivity index (χ4n) is 5.10. The number of ether oxygens (including phenoxy) is 1. The number of piperazine rings is 1. The van der Waals surface area contributed by atoms with Crippen molar-refractivity contribution in [2.75, 3.05) is 50.6 Å². The van der Waals surface area contributed by atoms with Gasteiger partial charge in [-0.25, -0.2) is 15.0 Å². The van der Waals surface area contributed by atoms with E-state index in [1.165, 1.54) is 40.8 Å². The molecule has 5 rings (SSSR count). The number of rotatable bonds is 6. The minimum absolute atomic E-state index is 0.398. The number of anilines is 3. The zero-order valence-corrected chi connectivity index (χ0v) is 20.0. The summed E-state index contributed by atoms with van der Waals surface area (Å²) in [5.41, 5.74) is 3.70. The molecular formula is C24H32N6OS. The van der Waals surface area contributed by atoms with Gasteiger partial charge in [0.15, 0.2) is 0 Å². The molecule has 0 aromatic carbocycles. The van der Waals surface area contributed by atoms with E-state index in [4.69, 9.17) is 9.72 Å². The molecule has 32 heavy (non-hydrogen) atoms. The van der Waals surface area contributed by atoms with E-state index in [1.807, 2.05) is 29.8 Å². The fourth-order valence-corrected chi connectivity index (χ4v) is 6.16. The summed E-state index contributed by atoms with van der Waals surface area (Å²) in [6.45, 7) is 5.92. The number of likely N-dealkylation sites (N-methyl/N-ethyl adjacent to an activating group) is 1. The first kappa shape index (κ1) is 21.6. The molecule has 8 heteroatoms. The van der Waals surface area contributed by atoms with Gasteiger partial charge < -0.3 is 15.0 Å². The predicted molar refractivity (Wildman–Crippen MR) is 131 cm³/mol. The Balaban J connectivity index is 1.32. The molecule has 0 radical (unpaired) electrons. The van der Waals surface area contributed by atoms with Crippen LogP contribution in [0.25, 0.3) is 10.2 Å². The van der Waals surface area contributed by atoms with Crippen LogP contribution in [0.15, 0.2) is 24.5 Å². The van der Waals surface area contributed by atoms with Crippen molar-refractivity contribution >= 4 is 39.0 Å². The van der Waals surface area contributed by atoms with Gasteiger partial charge in [-0.1, -0.05) is 12.8 Å². The molecule has 170 valence electrons. The monoisotopic (exact) mass is 452 g/mol. The lowest BCUT2D eigenvalue weighted by molar-refractivity contribution is 0.0987. The molecule has 0 bridgehead atoms. The highest BCUT2D eigenvalue weighted by Gasteiger charge is 2.25. The highest BCUT2D eigenvalue weighted by Crippen LogP contribution is 2.42. The van der Waals surface area contributed by atoms with Gasteiger partial charge in [0.1, 0.15) is 5.82 Å². The number of pyridine rings is 1. The maximum Gasteiger partial charge on any atom is 0.228 e. The second kappa shape index (κ2) is 9.29. The molecule has 4 heterocycles. The number of methoxy groups -OCH3 is 1. The maximum absolute atomic E-state index is 5.39. The Morgan fingerprint density at radius 2 is 2.00 bits per heavy atom. The molecule has 1 atom stereocenters. The van der Waals surface area contributed by atoms with Crippen LogP contribution >= 0.6 is 11.3 Å². The zero-order valence-electron chi connectivity index (χ0n) is 19.2. The van der Waals surface area contributed by atoms with Gasteiger partial charge in [-0.05, 0) is 50.4 Å². The van der Waals surface area contributed by atoms with E-state index >= 15 is 0 Å². The van der Waals surface area contributed by atoms with Crippen LogP contribution in [0.4, 0.5) is 17.5 Å². The Kier molecular flexibility index (Phi) is 6.26. The molecule has 1 N–H and O–H groups in total.